The average Bonchev–Trinajstić information content (AvgIpc) is 3.60. The number of hydrogen-bond donors (Lipinski definition) is 2. The topological polar surface area (TPSA) is 129 Å². The number of benzene rings is 5. The summed E-state index contributed by atoms with van der Waals surface area (Å²) in [5, 5.41) is 10.4. The van der Waals surface area contributed by atoms with Crippen molar-refractivity contribution in [1.29, 1.82) is 0 Å². The maximum Gasteiger partial charge on any atom is 0.266 e. The van der Waals surface area contributed by atoms with Gasteiger partial charge in [0.25, 0.3) is 11.8 Å². The Morgan fingerprint density at radius 3 is 2.37 bits per heavy atom. The highest BCUT2D eigenvalue weighted by Gasteiger charge is 2.66. The van der Waals surface area contributed by atoms with Gasteiger partial charge in [0.05, 0.1) is 55.8 Å². The number of rotatable bonds is 8. The van der Waals surface area contributed by atoms with Crippen LogP contribution in [-0.2, 0) is 39.4 Å². The maximum absolute atomic E-state index is 15.3. The summed E-state index contributed by atoms with van der Waals surface area (Å²) in [6, 6.07) is 35.2. The number of fused-ring (bicyclic) bond motifs is 5. The van der Waals surface area contributed by atoms with E-state index in [2.05, 4.69) is 0 Å². The van der Waals surface area contributed by atoms with Crippen molar-refractivity contribution in [3.63, 3.8) is 0 Å². The van der Waals surface area contributed by atoms with E-state index in [9.17, 15) is 19.5 Å². The number of aliphatic hydroxyl groups is 1. The fourth-order valence-electron chi connectivity index (χ4n) is 9.91. The SMILES string of the molecule is COc1ccc2c(c1)[C@]1(O[C@@H](CC(=O)N3Cc4ccccc4C[C@H]3CO)[C@H]([Si](C)(C)O)[C@H]1C)C(=O)N2Cc1cccc(N2C(=O)c3ccccc3Oc3ccccc32)c1. The molecule has 5 atom stereocenters. The van der Waals surface area contributed by atoms with Crippen molar-refractivity contribution in [2.75, 3.05) is 23.5 Å². The molecule has 1 spiro atoms. The molecule has 1 fully saturated rings. The van der Waals surface area contributed by atoms with Crippen LogP contribution in [0.5, 0.6) is 17.2 Å². The Balaban J connectivity index is 1.06. The van der Waals surface area contributed by atoms with Gasteiger partial charge in [-0.2, -0.15) is 0 Å². The van der Waals surface area contributed by atoms with Gasteiger partial charge >= 0.3 is 0 Å². The van der Waals surface area contributed by atoms with Gasteiger partial charge in [-0.05, 0) is 90.8 Å². The Hall–Kier alpha value is -5.79. The van der Waals surface area contributed by atoms with Crippen LogP contribution in [0.15, 0.2) is 115 Å². The number of anilines is 3. The van der Waals surface area contributed by atoms with E-state index in [1.54, 1.807) is 33.9 Å². The summed E-state index contributed by atoms with van der Waals surface area (Å²) in [4.78, 5) is 60.9. The zero-order valence-electron chi connectivity index (χ0n) is 33.5. The van der Waals surface area contributed by atoms with Crippen molar-refractivity contribution in [2.24, 2.45) is 5.92 Å². The van der Waals surface area contributed by atoms with Gasteiger partial charge in [0.15, 0.2) is 19.7 Å². The molecular formula is C47H47N3O8Si. The van der Waals surface area contributed by atoms with E-state index in [1.807, 2.05) is 123 Å². The fraction of sp³-hybridized carbons (Fsp3) is 0.298. The molecule has 0 radical (unpaired) electrons. The molecule has 5 aromatic carbocycles. The van der Waals surface area contributed by atoms with Gasteiger partial charge in [-0.3, -0.25) is 19.3 Å². The Morgan fingerprint density at radius 1 is 0.881 bits per heavy atom. The molecule has 59 heavy (non-hydrogen) atoms. The highest BCUT2D eigenvalue weighted by atomic mass is 28.4. The Kier molecular flexibility index (Phi) is 9.70. The standard InChI is InChI=1S/C47H47N3O8Si/c1-29-44(59(3,4)55)42(25-43(52)48-27-32-14-6-5-13-31(32)23-34(48)28-51)58-47(29)37-24-35(56-2)20-21-38(37)49(46(47)54)26-30-12-11-15-33(22-30)50-39-17-8-10-19-41(39)57-40-18-9-7-16-36(40)45(50)53/h5-22,24,29,34,42,44,51,55H,23,25-28H2,1-4H3/t29-,34+,42+,44-,47+/m1/s1. The van der Waals surface area contributed by atoms with E-state index < -0.39 is 37.5 Å². The predicted octanol–water partition coefficient (Wildman–Crippen LogP) is 7.46. The van der Waals surface area contributed by atoms with Gasteiger partial charge in [0, 0.05) is 29.3 Å². The molecule has 4 aliphatic rings. The summed E-state index contributed by atoms with van der Waals surface area (Å²) in [5.74, 6) is 0.309. The molecule has 5 aromatic rings. The summed E-state index contributed by atoms with van der Waals surface area (Å²) in [7, 11) is -1.53. The lowest BCUT2D eigenvalue weighted by molar-refractivity contribution is -0.151. The van der Waals surface area contributed by atoms with Gasteiger partial charge in [0.1, 0.15) is 11.5 Å². The molecule has 9 rings (SSSR count). The number of amides is 3. The normalized spacial score (nSPS) is 23.3. The number of methoxy groups -OCH3 is 1. The average molecular weight is 810 g/mol. The molecule has 3 amide bonds. The minimum atomic E-state index is -3.10. The first-order valence-corrected chi connectivity index (χ1v) is 23.1. The lowest BCUT2D eigenvalue weighted by atomic mass is 9.82. The first-order chi connectivity index (χ1) is 28.4. The number of nitrogens with zero attached hydrogens (tertiary/aromatic N) is 3. The van der Waals surface area contributed by atoms with E-state index in [-0.39, 0.29) is 37.3 Å². The minimum absolute atomic E-state index is 0.0563. The molecule has 0 bridgehead atoms. The first-order valence-electron chi connectivity index (χ1n) is 20.1. The molecule has 1 saturated heterocycles. The summed E-state index contributed by atoms with van der Waals surface area (Å²) >= 11 is 0. The molecule has 0 unspecified atom stereocenters. The first kappa shape index (κ1) is 38.7. The second kappa shape index (κ2) is 14.8. The van der Waals surface area contributed by atoms with E-state index in [1.165, 1.54) is 0 Å². The number of carbonyl (C=O) groups excluding carboxylic acids is 3. The monoisotopic (exact) mass is 809 g/mol. The number of carbonyl (C=O) groups is 3. The highest BCUT2D eigenvalue weighted by molar-refractivity contribution is 6.71. The predicted molar refractivity (Wildman–Crippen MR) is 225 cm³/mol. The third-order valence-electron chi connectivity index (χ3n) is 12.6. The Morgan fingerprint density at radius 2 is 1.61 bits per heavy atom. The summed E-state index contributed by atoms with van der Waals surface area (Å²) < 4.78 is 19.0. The van der Waals surface area contributed by atoms with E-state index in [4.69, 9.17) is 14.2 Å². The maximum atomic E-state index is 15.3. The highest BCUT2D eigenvalue weighted by Crippen LogP contribution is 2.60. The molecular weight excluding hydrogens is 763 g/mol. The summed E-state index contributed by atoms with van der Waals surface area (Å²) in [5.41, 5.74) is 3.79. The number of ether oxygens (including phenoxy) is 3. The molecule has 12 heteroatoms. The zero-order valence-corrected chi connectivity index (χ0v) is 34.5. The Labute approximate surface area is 344 Å². The van der Waals surface area contributed by atoms with Crippen molar-refractivity contribution in [2.45, 2.75) is 69.2 Å². The molecule has 4 aliphatic heterocycles. The third-order valence-corrected chi connectivity index (χ3v) is 15.1. The van der Waals surface area contributed by atoms with Crippen molar-refractivity contribution in [1.82, 2.24) is 4.90 Å². The van der Waals surface area contributed by atoms with Crippen LogP contribution in [0.25, 0.3) is 0 Å². The van der Waals surface area contributed by atoms with Crippen LogP contribution >= 0.6 is 0 Å². The van der Waals surface area contributed by atoms with Crippen LogP contribution in [-0.4, -0.2) is 66.7 Å². The van der Waals surface area contributed by atoms with E-state index in [0.29, 0.717) is 58.4 Å². The van der Waals surface area contributed by atoms with Gasteiger partial charge in [0.2, 0.25) is 5.91 Å². The van der Waals surface area contributed by atoms with Gasteiger partial charge in [-0.1, -0.05) is 67.6 Å². The molecule has 0 aliphatic carbocycles. The Bertz CT molecular complexity index is 2490. The molecule has 0 saturated carbocycles. The smallest absolute Gasteiger partial charge is 0.266 e. The number of aliphatic hydroxyl groups excluding tert-OH is 1. The van der Waals surface area contributed by atoms with E-state index in [0.717, 1.165) is 16.7 Å². The van der Waals surface area contributed by atoms with Crippen LogP contribution in [0.1, 0.15) is 46.0 Å². The number of hydrogen-bond acceptors (Lipinski definition) is 8. The van der Waals surface area contributed by atoms with Crippen molar-refractivity contribution < 1.29 is 38.5 Å². The largest absolute Gasteiger partial charge is 0.497 e. The van der Waals surface area contributed by atoms with Gasteiger partial charge in [-0.15, -0.1) is 0 Å². The minimum Gasteiger partial charge on any atom is -0.497 e. The quantitative estimate of drug-likeness (QED) is 0.155. The van der Waals surface area contributed by atoms with Crippen LogP contribution in [0, 0.1) is 5.92 Å². The van der Waals surface area contributed by atoms with Crippen LogP contribution < -0.4 is 19.3 Å². The third kappa shape index (κ3) is 6.42. The van der Waals surface area contributed by atoms with Gasteiger partial charge < -0.3 is 33.9 Å². The zero-order chi connectivity index (χ0) is 41.2. The second-order valence-corrected chi connectivity index (χ2v) is 20.5. The fourth-order valence-corrected chi connectivity index (χ4v) is 12.5. The molecule has 4 heterocycles. The van der Waals surface area contributed by atoms with Crippen LogP contribution in [0.2, 0.25) is 18.6 Å². The molecule has 0 aromatic heterocycles. The second-order valence-electron chi connectivity index (χ2n) is 16.5. The summed E-state index contributed by atoms with van der Waals surface area (Å²) in [6.07, 6.45) is -0.291. The lowest BCUT2D eigenvalue weighted by Gasteiger charge is -2.37. The van der Waals surface area contributed by atoms with Crippen molar-refractivity contribution in [3.8, 4) is 17.2 Å². The van der Waals surface area contributed by atoms with Crippen LogP contribution in [0.3, 0.4) is 0 Å². The molecule has 302 valence electrons. The number of para-hydroxylation sites is 3. The molecule has 2 N–H and O–H groups in total. The summed E-state index contributed by atoms with van der Waals surface area (Å²) in [6.45, 7) is 5.95. The van der Waals surface area contributed by atoms with E-state index >= 15 is 4.79 Å². The lowest BCUT2D eigenvalue weighted by Crippen LogP contribution is -2.48. The molecule has 11 nitrogen and oxygen atoms in total. The van der Waals surface area contributed by atoms with Crippen LogP contribution in [0.4, 0.5) is 17.1 Å². The van der Waals surface area contributed by atoms with Crippen molar-refractivity contribution >= 4 is 43.1 Å². The van der Waals surface area contributed by atoms with Crippen molar-refractivity contribution in [3.05, 3.63) is 143 Å². The van der Waals surface area contributed by atoms with Gasteiger partial charge in [-0.25, -0.2) is 0 Å².